The third-order valence-corrected chi connectivity index (χ3v) is 4.26. The highest BCUT2D eigenvalue weighted by molar-refractivity contribution is 6.35. The fourth-order valence-corrected chi connectivity index (χ4v) is 3.30. The van der Waals surface area contributed by atoms with E-state index < -0.39 is 0 Å². The van der Waals surface area contributed by atoms with Crippen molar-refractivity contribution < 1.29 is 4.74 Å². The molecule has 0 radical (unpaired) electrons. The van der Waals surface area contributed by atoms with Gasteiger partial charge >= 0.3 is 0 Å². The molecule has 0 fully saturated rings. The molecule has 20 heavy (non-hydrogen) atoms. The van der Waals surface area contributed by atoms with Gasteiger partial charge in [-0.05, 0) is 35.9 Å². The van der Waals surface area contributed by atoms with Gasteiger partial charge in [0.25, 0.3) is 0 Å². The van der Waals surface area contributed by atoms with Crippen molar-refractivity contribution in [1.82, 2.24) is 0 Å². The van der Waals surface area contributed by atoms with E-state index >= 15 is 0 Å². The lowest BCUT2D eigenvalue weighted by atomic mass is 10.0. The van der Waals surface area contributed by atoms with E-state index in [1.54, 1.807) is 13.2 Å². The van der Waals surface area contributed by atoms with Crippen molar-refractivity contribution >= 4 is 40.5 Å². The molecule has 0 aromatic heterocycles. The van der Waals surface area contributed by atoms with Gasteiger partial charge in [-0.3, -0.25) is 0 Å². The number of ether oxygens (including phenoxy) is 1. The second-order valence-corrected chi connectivity index (χ2v) is 5.98. The molecule has 1 aliphatic heterocycles. The zero-order valence-electron chi connectivity index (χ0n) is 10.7. The number of halogens is 3. The first kappa shape index (κ1) is 13.9. The van der Waals surface area contributed by atoms with Crippen LogP contribution in [0.2, 0.25) is 15.1 Å². The van der Waals surface area contributed by atoms with E-state index in [0.717, 1.165) is 29.0 Å². The summed E-state index contributed by atoms with van der Waals surface area (Å²) < 4.78 is 5.41. The molecule has 0 spiro atoms. The first-order valence-corrected chi connectivity index (χ1v) is 7.30. The van der Waals surface area contributed by atoms with E-state index in [4.69, 9.17) is 39.5 Å². The van der Waals surface area contributed by atoms with Gasteiger partial charge in [0.1, 0.15) is 5.75 Å². The molecule has 0 saturated carbocycles. The highest BCUT2D eigenvalue weighted by Gasteiger charge is 2.27. The largest absolute Gasteiger partial charge is 0.496 e. The zero-order valence-corrected chi connectivity index (χ0v) is 13.0. The summed E-state index contributed by atoms with van der Waals surface area (Å²) in [5.74, 6) is 0.807. The molecular formula is C15H12Cl3NO. The van der Waals surface area contributed by atoms with Gasteiger partial charge in [-0.1, -0.05) is 34.8 Å². The van der Waals surface area contributed by atoms with Crippen molar-refractivity contribution in [3.05, 3.63) is 56.5 Å². The minimum absolute atomic E-state index is 0.0783. The van der Waals surface area contributed by atoms with Crippen molar-refractivity contribution in [2.75, 3.05) is 12.4 Å². The lowest BCUT2D eigenvalue weighted by molar-refractivity contribution is 0.407. The summed E-state index contributed by atoms with van der Waals surface area (Å²) in [6.07, 6.45) is 0.780. The Morgan fingerprint density at radius 1 is 1.10 bits per heavy atom. The molecule has 1 unspecified atom stereocenters. The molecule has 1 atom stereocenters. The van der Waals surface area contributed by atoms with Gasteiger partial charge in [0, 0.05) is 32.7 Å². The molecule has 5 heteroatoms. The molecule has 3 rings (SSSR count). The zero-order chi connectivity index (χ0) is 14.3. The molecule has 0 amide bonds. The summed E-state index contributed by atoms with van der Waals surface area (Å²) in [7, 11) is 1.65. The Kier molecular flexibility index (Phi) is 3.72. The first-order valence-electron chi connectivity index (χ1n) is 6.16. The van der Waals surface area contributed by atoms with Gasteiger partial charge in [0.15, 0.2) is 0 Å². The van der Waals surface area contributed by atoms with Crippen LogP contribution >= 0.6 is 34.8 Å². The summed E-state index contributed by atoms with van der Waals surface area (Å²) in [5.41, 5.74) is 3.06. The number of hydrogen-bond donors (Lipinski definition) is 1. The fourth-order valence-electron chi connectivity index (χ4n) is 2.55. The Labute approximate surface area is 132 Å². The predicted molar refractivity (Wildman–Crippen MR) is 84.5 cm³/mol. The molecule has 1 aliphatic rings. The van der Waals surface area contributed by atoms with Crippen molar-refractivity contribution in [1.29, 1.82) is 0 Å². The number of benzene rings is 2. The predicted octanol–water partition coefficient (Wildman–Crippen LogP) is 5.36. The Bertz CT molecular complexity index is 672. The minimum atomic E-state index is 0.0783. The van der Waals surface area contributed by atoms with Gasteiger partial charge in [-0.15, -0.1) is 0 Å². The third-order valence-electron chi connectivity index (χ3n) is 3.47. The van der Waals surface area contributed by atoms with Crippen molar-refractivity contribution in [3.63, 3.8) is 0 Å². The molecule has 0 aliphatic carbocycles. The average Bonchev–Trinajstić information content (AvgIpc) is 2.82. The molecule has 2 nitrogen and oxygen atoms in total. The summed E-state index contributed by atoms with van der Waals surface area (Å²) in [6.45, 7) is 0. The van der Waals surface area contributed by atoms with Crippen LogP contribution in [0.1, 0.15) is 17.2 Å². The molecule has 1 heterocycles. The second-order valence-electron chi connectivity index (χ2n) is 4.70. The maximum Gasteiger partial charge on any atom is 0.124 e. The van der Waals surface area contributed by atoms with Crippen LogP contribution in [0, 0.1) is 0 Å². The highest BCUT2D eigenvalue weighted by Crippen LogP contribution is 2.42. The number of nitrogens with one attached hydrogen (secondary N) is 1. The van der Waals surface area contributed by atoms with Crippen LogP contribution in [-0.2, 0) is 6.42 Å². The molecule has 2 aromatic carbocycles. The van der Waals surface area contributed by atoms with Crippen LogP contribution in [0.5, 0.6) is 5.75 Å². The Balaban J connectivity index is 2.00. The molecule has 104 valence electrons. The Hall–Kier alpha value is -1.09. The highest BCUT2D eigenvalue weighted by atomic mass is 35.5. The standard InChI is InChI=1S/C15H12Cl3NO/c1-20-15-3-2-8(16)4-11(15)14-7-10-12(18)5-9(17)6-13(10)19-14/h2-6,14,19H,7H2,1H3. The van der Waals surface area contributed by atoms with Gasteiger partial charge in [-0.2, -0.15) is 0 Å². The summed E-state index contributed by atoms with van der Waals surface area (Å²) >= 11 is 18.4. The first-order chi connectivity index (χ1) is 9.58. The number of hydrogen-bond acceptors (Lipinski definition) is 2. The van der Waals surface area contributed by atoms with Gasteiger partial charge < -0.3 is 10.1 Å². The van der Waals surface area contributed by atoms with E-state index in [9.17, 15) is 0 Å². The third kappa shape index (κ3) is 2.44. The van der Waals surface area contributed by atoms with Crippen LogP contribution < -0.4 is 10.1 Å². The van der Waals surface area contributed by atoms with Crippen molar-refractivity contribution in [2.24, 2.45) is 0 Å². The van der Waals surface area contributed by atoms with Gasteiger partial charge in [0.05, 0.1) is 13.2 Å². The maximum atomic E-state index is 6.25. The van der Waals surface area contributed by atoms with Crippen LogP contribution in [0.3, 0.4) is 0 Å². The number of methoxy groups -OCH3 is 1. The second kappa shape index (κ2) is 5.36. The monoisotopic (exact) mass is 327 g/mol. The number of rotatable bonds is 2. The molecule has 2 aromatic rings. The summed E-state index contributed by atoms with van der Waals surface area (Å²) in [6, 6.07) is 9.34. The van der Waals surface area contributed by atoms with Crippen molar-refractivity contribution in [2.45, 2.75) is 12.5 Å². The van der Waals surface area contributed by atoms with E-state index in [2.05, 4.69) is 5.32 Å². The van der Waals surface area contributed by atoms with Crippen molar-refractivity contribution in [3.8, 4) is 5.75 Å². The van der Waals surface area contributed by atoms with E-state index in [0.29, 0.717) is 15.1 Å². The lowest BCUT2D eigenvalue weighted by Crippen LogP contribution is -2.07. The maximum absolute atomic E-state index is 6.25. The summed E-state index contributed by atoms with van der Waals surface area (Å²) in [4.78, 5) is 0. The van der Waals surface area contributed by atoms with E-state index in [1.807, 2.05) is 24.3 Å². The summed E-state index contributed by atoms with van der Waals surface area (Å²) in [5, 5.41) is 5.42. The quantitative estimate of drug-likeness (QED) is 0.800. The molecule has 1 N–H and O–H groups in total. The topological polar surface area (TPSA) is 21.3 Å². The lowest BCUT2D eigenvalue weighted by Gasteiger charge is -2.16. The number of fused-ring (bicyclic) bond motifs is 1. The average molecular weight is 329 g/mol. The van der Waals surface area contributed by atoms with Crippen LogP contribution in [0.4, 0.5) is 5.69 Å². The van der Waals surface area contributed by atoms with Crippen LogP contribution in [-0.4, -0.2) is 7.11 Å². The number of anilines is 1. The van der Waals surface area contributed by atoms with Crippen LogP contribution in [0.25, 0.3) is 0 Å². The van der Waals surface area contributed by atoms with Crippen LogP contribution in [0.15, 0.2) is 30.3 Å². The van der Waals surface area contributed by atoms with Gasteiger partial charge in [0.2, 0.25) is 0 Å². The Morgan fingerprint density at radius 2 is 1.90 bits per heavy atom. The molecule has 0 bridgehead atoms. The minimum Gasteiger partial charge on any atom is -0.496 e. The normalized spacial score (nSPS) is 16.7. The SMILES string of the molecule is COc1ccc(Cl)cc1C1Cc2c(Cl)cc(Cl)cc2N1. The smallest absolute Gasteiger partial charge is 0.124 e. The Morgan fingerprint density at radius 3 is 2.65 bits per heavy atom. The van der Waals surface area contributed by atoms with E-state index in [-0.39, 0.29) is 6.04 Å². The van der Waals surface area contributed by atoms with Gasteiger partial charge in [-0.25, -0.2) is 0 Å². The van der Waals surface area contributed by atoms with E-state index in [1.165, 1.54) is 0 Å². The molecular weight excluding hydrogens is 317 g/mol. The molecule has 0 saturated heterocycles. The fraction of sp³-hybridized carbons (Fsp3) is 0.200.